The van der Waals surface area contributed by atoms with Gasteiger partial charge < -0.3 is 5.32 Å². The molecule has 0 fully saturated rings. The SMILES string of the molecule is Cc1cnccc1CNc1ncnc2cccc(C)c12. The Labute approximate surface area is 117 Å². The lowest BCUT2D eigenvalue weighted by atomic mass is 10.1. The van der Waals surface area contributed by atoms with Crippen LogP contribution in [0.3, 0.4) is 0 Å². The first-order chi connectivity index (χ1) is 9.75. The Hall–Kier alpha value is -2.49. The molecule has 20 heavy (non-hydrogen) atoms. The van der Waals surface area contributed by atoms with Gasteiger partial charge in [0, 0.05) is 24.3 Å². The second kappa shape index (κ2) is 5.25. The normalized spacial score (nSPS) is 10.7. The summed E-state index contributed by atoms with van der Waals surface area (Å²) < 4.78 is 0. The molecule has 0 atom stereocenters. The van der Waals surface area contributed by atoms with Crippen molar-refractivity contribution in [2.75, 3.05) is 5.32 Å². The Balaban J connectivity index is 1.94. The molecule has 4 heteroatoms. The van der Waals surface area contributed by atoms with Crippen molar-refractivity contribution in [3.8, 4) is 0 Å². The molecule has 0 aliphatic rings. The average molecular weight is 264 g/mol. The van der Waals surface area contributed by atoms with Gasteiger partial charge in [-0.15, -0.1) is 0 Å². The van der Waals surface area contributed by atoms with Crippen molar-refractivity contribution in [1.82, 2.24) is 15.0 Å². The molecule has 3 rings (SSSR count). The highest BCUT2D eigenvalue weighted by atomic mass is 15.0. The Morgan fingerprint density at radius 1 is 1.05 bits per heavy atom. The van der Waals surface area contributed by atoms with Crippen LogP contribution in [0.5, 0.6) is 0 Å². The Kier molecular flexibility index (Phi) is 3.29. The smallest absolute Gasteiger partial charge is 0.137 e. The Morgan fingerprint density at radius 2 is 1.95 bits per heavy atom. The number of fused-ring (bicyclic) bond motifs is 1. The van der Waals surface area contributed by atoms with Gasteiger partial charge in [0.05, 0.1) is 5.52 Å². The number of pyridine rings is 1. The van der Waals surface area contributed by atoms with Gasteiger partial charge in [0.25, 0.3) is 0 Å². The summed E-state index contributed by atoms with van der Waals surface area (Å²) in [5, 5.41) is 4.49. The van der Waals surface area contributed by atoms with E-state index in [0.717, 1.165) is 23.3 Å². The van der Waals surface area contributed by atoms with Crippen LogP contribution in [0.4, 0.5) is 5.82 Å². The maximum absolute atomic E-state index is 4.37. The highest BCUT2D eigenvalue weighted by Crippen LogP contribution is 2.23. The van der Waals surface area contributed by atoms with Crippen LogP contribution in [0.1, 0.15) is 16.7 Å². The Morgan fingerprint density at radius 3 is 2.80 bits per heavy atom. The van der Waals surface area contributed by atoms with E-state index in [4.69, 9.17) is 0 Å². The van der Waals surface area contributed by atoms with Crippen LogP contribution < -0.4 is 5.32 Å². The first-order valence-corrected chi connectivity index (χ1v) is 6.59. The molecular weight excluding hydrogens is 248 g/mol. The quantitative estimate of drug-likeness (QED) is 0.789. The van der Waals surface area contributed by atoms with Crippen LogP contribution in [0.15, 0.2) is 43.0 Å². The Bertz CT molecular complexity index is 747. The standard InChI is InChI=1S/C16H16N4/c1-11-4-3-5-14-15(11)16(20-10-19-14)18-9-13-6-7-17-8-12(13)2/h3-8,10H,9H2,1-2H3,(H,18,19,20). The number of hydrogen-bond acceptors (Lipinski definition) is 4. The summed E-state index contributed by atoms with van der Waals surface area (Å²) in [6.45, 7) is 4.87. The molecule has 0 saturated carbocycles. The molecule has 3 aromatic rings. The van der Waals surface area contributed by atoms with E-state index in [2.05, 4.69) is 40.2 Å². The molecule has 2 aromatic heterocycles. The molecule has 0 aliphatic carbocycles. The number of aromatic nitrogens is 3. The van der Waals surface area contributed by atoms with Gasteiger partial charge in [-0.05, 0) is 42.7 Å². The molecule has 0 bridgehead atoms. The number of anilines is 1. The van der Waals surface area contributed by atoms with Crippen LogP contribution in [0.25, 0.3) is 10.9 Å². The van der Waals surface area contributed by atoms with E-state index in [0.29, 0.717) is 0 Å². The molecule has 0 spiro atoms. The van der Waals surface area contributed by atoms with Crippen LogP contribution >= 0.6 is 0 Å². The molecule has 2 heterocycles. The van der Waals surface area contributed by atoms with E-state index in [1.807, 2.05) is 30.6 Å². The van der Waals surface area contributed by atoms with Crippen molar-refractivity contribution < 1.29 is 0 Å². The van der Waals surface area contributed by atoms with E-state index in [1.54, 1.807) is 6.33 Å². The molecule has 0 aliphatic heterocycles. The van der Waals surface area contributed by atoms with E-state index in [9.17, 15) is 0 Å². The summed E-state index contributed by atoms with van der Waals surface area (Å²) in [4.78, 5) is 12.8. The number of hydrogen-bond donors (Lipinski definition) is 1. The lowest BCUT2D eigenvalue weighted by Crippen LogP contribution is -2.04. The molecule has 100 valence electrons. The van der Waals surface area contributed by atoms with Gasteiger partial charge in [-0.1, -0.05) is 12.1 Å². The molecule has 0 amide bonds. The lowest BCUT2D eigenvalue weighted by molar-refractivity contribution is 1.07. The number of rotatable bonds is 3. The third-order valence-electron chi connectivity index (χ3n) is 3.45. The number of aryl methyl sites for hydroxylation is 2. The van der Waals surface area contributed by atoms with Crippen molar-refractivity contribution in [1.29, 1.82) is 0 Å². The highest BCUT2D eigenvalue weighted by Gasteiger charge is 2.06. The van der Waals surface area contributed by atoms with Crippen LogP contribution in [0, 0.1) is 13.8 Å². The van der Waals surface area contributed by atoms with E-state index >= 15 is 0 Å². The predicted molar refractivity (Wildman–Crippen MR) is 80.6 cm³/mol. The van der Waals surface area contributed by atoms with Gasteiger partial charge >= 0.3 is 0 Å². The van der Waals surface area contributed by atoms with Crippen LogP contribution in [-0.4, -0.2) is 15.0 Å². The van der Waals surface area contributed by atoms with Gasteiger partial charge in [0.15, 0.2) is 0 Å². The second-order valence-electron chi connectivity index (χ2n) is 4.85. The third kappa shape index (κ3) is 2.32. The van der Waals surface area contributed by atoms with Crippen molar-refractivity contribution in [2.24, 2.45) is 0 Å². The van der Waals surface area contributed by atoms with E-state index in [1.165, 1.54) is 16.7 Å². The van der Waals surface area contributed by atoms with Gasteiger partial charge in [-0.3, -0.25) is 4.98 Å². The van der Waals surface area contributed by atoms with Crippen molar-refractivity contribution in [3.05, 3.63) is 59.7 Å². The molecular formula is C16H16N4. The van der Waals surface area contributed by atoms with Crippen molar-refractivity contribution >= 4 is 16.7 Å². The zero-order chi connectivity index (χ0) is 13.9. The largest absolute Gasteiger partial charge is 0.365 e. The second-order valence-corrected chi connectivity index (χ2v) is 4.85. The number of nitrogens with one attached hydrogen (secondary N) is 1. The number of benzene rings is 1. The van der Waals surface area contributed by atoms with Gasteiger partial charge in [0.1, 0.15) is 12.1 Å². The van der Waals surface area contributed by atoms with Gasteiger partial charge in [-0.2, -0.15) is 0 Å². The predicted octanol–water partition coefficient (Wildman–Crippen LogP) is 3.25. The highest BCUT2D eigenvalue weighted by molar-refractivity contribution is 5.91. The van der Waals surface area contributed by atoms with Crippen LogP contribution in [-0.2, 0) is 6.54 Å². The monoisotopic (exact) mass is 264 g/mol. The minimum atomic E-state index is 0.731. The lowest BCUT2D eigenvalue weighted by Gasteiger charge is -2.11. The van der Waals surface area contributed by atoms with Crippen molar-refractivity contribution in [2.45, 2.75) is 20.4 Å². The summed E-state index contributed by atoms with van der Waals surface area (Å²) in [5.41, 5.74) is 4.54. The molecule has 0 saturated heterocycles. The first-order valence-electron chi connectivity index (χ1n) is 6.59. The van der Waals surface area contributed by atoms with Crippen molar-refractivity contribution in [3.63, 3.8) is 0 Å². The summed E-state index contributed by atoms with van der Waals surface area (Å²) in [6.07, 6.45) is 5.29. The molecule has 1 aromatic carbocycles. The zero-order valence-corrected chi connectivity index (χ0v) is 11.6. The molecule has 1 N–H and O–H groups in total. The first kappa shape index (κ1) is 12.5. The molecule has 0 unspecified atom stereocenters. The summed E-state index contributed by atoms with van der Waals surface area (Å²) in [6, 6.07) is 8.13. The van der Waals surface area contributed by atoms with Gasteiger partial charge in [-0.25, -0.2) is 9.97 Å². The average Bonchev–Trinajstić information content (AvgIpc) is 2.46. The van der Waals surface area contributed by atoms with E-state index in [-0.39, 0.29) is 0 Å². The third-order valence-corrected chi connectivity index (χ3v) is 3.45. The van der Waals surface area contributed by atoms with Crippen LogP contribution in [0.2, 0.25) is 0 Å². The fraction of sp³-hybridized carbons (Fsp3) is 0.188. The fourth-order valence-electron chi connectivity index (χ4n) is 2.29. The maximum atomic E-state index is 4.37. The van der Waals surface area contributed by atoms with E-state index < -0.39 is 0 Å². The zero-order valence-electron chi connectivity index (χ0n) is 11.6. The maximum Gasteiger partial charge on any atom is 0.137 e. The summed E-state index contributed by atoms with van der Waals surface area (Å²) in [5.74, 6) is 0.879. The fourth-order valence-corrected chi connectivity index (χ4v) is 2.29. The minimum absolute atomic E-state index is 0.731. The summed E-state index contributed by atoms with van der Waals surface area (Å²) >= 11 is 0. The molecule has 4 nitrogen and oxygen atoms in total. The molecule has 0 radical (unpaired) electrons. The number of nitrogens with zero attached hydrogens (tertiary/aromatic N) is 3. The summed E-state index contributed by atoms with van der Waals surface area (Å²) in [7, 11) is 0. The minimum Gasteiger partial charge on any atom is -0.365 e. The topological polar surface area (TPSA) is 50.7 Å². The van der Waals surface area contributed by atoms with Gasteiger partial charge in [0.2, 0.25) is 0 Å².